The lowest BCUT2D eigenvalue weighted by Crippen LogP contribution is -2.52. The van der Waals surface area contributed by atoms with Crippen LogP contribution in [-0.2, 0) is 31.1 Å². The molecule has 2 aromatic carbocycles. The highest BCUT2D eigenvalue weighted by molar-refractivity contribution is 6.10. The number of piperazine rings is 1. The van der Waals surface area contributed by atoms with Gasteiger partial charge in [-0.15, -0.1) is 0 Å². The molecule has 4 rings (SSSR count). The molecule has 0 bridgehead atoms. The number of rotatable bonds is 6. The zero-order valence-electron chi connectivity index (χ0n) is 20.2. The van der Waals surface area contributed by atoms with E-state index >= 15 is 0 Å². The van der Waals surface area contributed by atoms with Crippen molar-refractivity contribution in [2.24, 2.45) is 0 Å². The van der Waals surface area contributed by atoms with Gasteiger partial charge in [0.1, 0.15) is 0 Å². The van der Waals surface area contributed by atoms with Crippen LogP contribution in [0, 0.1) is 6.92 Å². The highest BCUT2D eigenvalue weighted by Gasteiger charge is 2.54. The van der Waals surface area contributed by atoms with E-state index in [1.807, 2.05) is 61.5 Å². The van der Waals surface area contributed by atoms with Crippen LogP contribution in [0.4, 0.5) is 4.79 Å². The van der Waals surface area contributed by atoms with Gasteiger partial charge in [-0.2, -0.15) is 0 Å². The van der Waals surface area contributed by atoms with Gasteiger partial charge in [0.2, 0.25) is 17.7 Å². The van der Waals surface area contributed by atoms with Crippen LogP contribution >= 0.6 is 0 Å². The molecule has 0 spiro atoms. The van der Waals surface area contributed by atoms with Gasteiger partial charge in [-0.1, -0.05) is 54.6 Å². The van der Waals surface area contributed by atoms with Crippen LogP contribution < -0.4 is 0 Å². The van der Waals surface area contributed by atoms with Gasteiger partial charge >= 0.3 is 6.09 Å². The van der Waals surface area contributed by atoms with E-state index in [9.17, 15) is 19.2 Å². The fourth-order valence-corrected chi connectivity index (χ4v) is 5.00. The van der Waals surface area contributed by atoms with Crippen LogP contribution in [0.5, 0.6) is 0 Å². The molecule has 1 unspecified atom stereocenters. The van der Waals surface area contributed by atoms with Gasteiger partial charge < -0.3 is 14.5 Å². The summed E-state index contributed by atoms with van der Waals surface area (Å²) in [5, 5.41) is 0. The van der Waals surface area contributed by atoms with Gasteiger partial charge in [-0.05, 0) is 30.5 Å². The van der Waals surface area contributed by atoms with Crippen molar-refractivity contribution in [3.05, 3.63) is 71.3 Å². The maximum absolute atomic E-state index is 13.9. The van der Waals surface area contributed by atoms with Gasteiger partial charge in [-0.3, -0.25) is 19.3 Å². The van der Waals surface area contributed by atoms with E-state index in [1.165, 1.54) is 4.90 Å². The number of likely N-dealkylation sites (tertiary alicyclic amines) is 1. The average molecular weight is 478 g/mol. The molecule has 184 valence electrons. The predicted octanol–water partition coefficient (Wildman–Crippen LogP) is 2.88. The van der Waals surface area contributed by atoms with Gasteiger partial charge in [0, 0.05) is 39.0 Å². The van der Waals surface area contributed by atoms with Crippen LogP contribution in [0.1, 0.15) is 36.5 Å². The van der Waals surface area contributed by atoms with Crippen molar-refractivity contribution in [2.75, 3.05) is 32.8 Å². The van der Waals surface area contributed by atoms with Gasteiger partial charge in [0.05, 0.1) is 18.6 Å². The van der Waals surface area contributed by atoms with Crippen molar-refractivity contribution < 1.29 is 23.9 Å². The molecule has 0 aliphatic carbocycles. The minimum Gasteiger partial charge on any atom is -0.450 e. The van der Waals surface area contributed by atoms with Crippen LogP contribution in [0.15, 0.2) is 54.6 Å². The smallest absolute Gasteiger partial charge is 0.409 e. The number of aryl methyl sites for hydroxylation is 1. The third-order valence-electron chi connectivity index (χ3n) is 6.86. The molecule has 8 nitrogen and oxygen atoms in total. The summed E-state index contributed by atoms with van der Waals surface area (Å²) < 4.78 is 5.05. The number of benzene rings is 2. The van der Waals surface area contributed by atoms with Crippen LogP contribution in [0.2, 0.25) is 0 Å². The fourth-order valence-electron chi connectivity index (χ4n) is 5.00. The molecule has 2 fully saturated rings. The molecule has 2 aromatic rings. The Morgan fingerprint density at radius 3 is 2.20 bits per heavy atom. The third-order valence-corrected chi connectivity index (χ3v) is 6.86. The number of carbonyl (C=O) groups excluding carboxylic acids is 4. The number of hydrogen-bond acceptors (Lipinski definition) is 5. The molecule has 0 N–H and O–H groups in total. The number of imide groups is 1. The molecule has 0 radical (unpaired) electrons. The number of hydrogen-bond donors (Lipinski definition) is 0. The quantitative estimate of drug-likeness (QED) is 0.597. The summed E-state index contributed by atoms with van der Waals surface area (Å²) in [4.78, 5) is 57.1. The Hall–Kier alpha value is -3.68. The highest BCUT2D eigenvalue weighted by atomic mass is 16.6. The molecule has 2 saturated heterocycles. The molecule has 35 heavy (non-hydrogen) atoms. The van der Waals surface area contributed by atoms with Gasteiger partial charge in [0.15, 0.2) is 0 Å². The summed E-state index contributed by atoms with van der Waals surface area (Å²) in [6.07, 6.45) is -0.519. The topological polar surface area (TPSA) is 87.2 Å². The zero-order chi connectivity index (χ0) is 25.0. The second kappa shape index (κ2) is 10.3. The maximum Gasteiger partial charge on any atom is 0.409 e. The number of carbonyl (C=O) groups is 4. The lowest BCUT2D eigenvalue weighted by atomic mass is 9.74. The van der Waals surface area contributed by atoms with E-state index in [0.29, 0.717) is 38.3 Å². The molecule has 8 heteroatoms. The van der Waals surface area contributed by atoms with E-state index in [-0.39, 0.29) is 43.2 Å². The molecule has 0 saturated carbocycles. The molecule has 2 aliphatic heterocycles. The Bertz CT molecular complexity index is 1110. The summed E-state index contributed by atoms with van der Waals surface area (Å²) in [6.45, 7) is 5.59. The zero-order valence-corrected chi connectivity index (χ0v) is 20.2. The molecular formula is C27H31N3O5. The minimum absolute atomic E-state index is 0.0436. The Balaban J connectivity index is 1.57. The summed E-state index contributed by atoms with van der Waals surface area (Å²) in [6, 6.07) is 16.8. The summed E-state index contributed by atoms with van der Waals surface area (Å²) in [5.74, 6) is -0.805. The van der Waals surface area contributed by atoms with Gasteiger partial charge in [-0.25, -0.2) is 4.79 Å². The number of amides is 4. The summed E-state index contributed by atoms with van der Waals surface area (Å²) in [5.41, 5.74) is 1.20. The van der Waals surface area contributed by atoms with Crippen molar-refractivity contribution in [3.8, 4) is 0 Å². The van der Waals surface area contributed by atoms with Crippen LogP contribution in [0.25, 0.3) is 0 Å². The van der Waals surface area contributed by atoms with Crippen molar-refractivity contribution >= 4 is 23.8 Å². The first-order chi connectivity index (χ1) is 16.9. The Morgan fingerprint density at radius 2 is 1.54 bits per heavy atom. The summed E-state index contributed by atoms with van der Waals surface area (Å²) in [7, 11) is 0. The first kappa shape index (κ1) is 24.4. The third kappa shape index (κ3) is 4.92. The second-order valence-electron chi connectivity index (χ2n) is 9.09. The van der Waals surface area contributed by atoms with Crippen molar-refractivity contribution in [1.29, 1.82) is 0 Å². The van der Waals surface area contributed by atoms with Crippen molar-refractivity contribution in [1.82, 2.24) is 14.7 Å². The average Bonchev–Trinajstić information content (AvgIpc) is 3.10. The Kier molecular flexibility index (Phi) is 7.19. The van der Waals surface area contributed by atoms with E-state index < -0.39 is 5.41 Å². The first-order valence-electron chi connectivity index (χ1n) is 12.0. The largest absolute Gasteiger partial charge is 0.450 e. The molecule has 1 atom stereocenters. The van der Waals surface area contributed by atoms with Gasteiger partial charge in [0.25, 0.3) is 0 Å². The molecule has 0 aromatic heterocycles. The van der Waals surface area contributed by atoms with Crippen LogP contribution in [0.3, 0.4) is 0 Å². The molecule has 2 aliphatic rings. The summed E-state index contributed by atoms with van der Waals surface area (Å²) >= 11 is 0. The first-order valence-corrected chi connectivity index (χ1v) is 12.0. The van der Waals surface area contributed by atoms with E-state index in [4.69, 9.17) is 4.74 Å². The Morgan fingerprint density at radius 1 is 0.914 bits per heavy atom. The standard InChI is InChI=1S/C27H31N3O5/c1-3-35-26(34)29-15-13-28(14-16-29)23(31)17-27(22-12-8-7-9-20(22)2)18-24(32)30(25(27)33)19-21-10-5-4-6-11-21/h4-12H,3,13-19H2,1-2H3. The second-order valence-corrected chi connectivity index (χ2v) is 9.09. The minimum atomic E-state index is -1.24. The Labute approximate surface area is 205 Å². The van der Waals surface area contributed by atoms with E-state index in [1.54, 1.807) is 16.7 Å². The SMILES string of the molecule is CCOC(=O)N1CCN(C(=O)CC2(c3ccccc3C)CC(=O)N(Cc3ccccc3)C2=O)CC1. The van der Waals surface area contributed by atoms with Crippen molar-refractivity contribution in [2.45, 2.75) is 38.6 Å². The molecular weight excluding hydrogens is 446 g/mol. The number of nitrogens with zero attached hydrogens (tertiary/aromatic N) is 3. The molecule has 2 heterocycles. The maximum atomic E-state index is 13.9. The fraction of sp³-hybridized carbons (Fsp3) is 0.407. The van der Waals surface area contributed by atoms with E-state index in [0.717, 1.165) is 11.1 Å². The lowest BCUT2D eigenvalue weighted by molar-refractivity contribution is -0.143. The monoisotopic (exact) mass is 477 g/mol. The van der Waals surface area contributed by atoms with E-state index in [2.05, 4.69) is 0 Å². The molecule has 4 amide bonds. The van der Waals surface area contributed by atoms with Crippen molar-refractivity contribution in [3.63, 3.8) is 0 Å². The highest BCUT2D eigenvalue weighted by Crippen LogP contribution is 2.42. The van der Waals surface area contributed by atoms with Crippen LogP contribution in [-0.4, -0.2) is 71.3 Å². The normalized spacial score (nSPS) is 20.3. The number of ether oxygens (including phenoxy) is 1. The lowest BCUT2D eigenvalue weighted by Gasteiger charge is -2.36. The predicted molar refractivity (Wildman–Crippen MR) is 129 cm³/mol.